The van der Waals surface area contributed by atoms with Crippen LogP contribution in [0.4, 0.5) is 11.4 Å². The van der Waals surface area contributed by atoms with Gasteiger partial charge in [-0.3, -0.25) is 9.59 Å². The Bertz CT molecular complexity index is 935. The third-order valence-corrected chi connectivity index (χ3v) is 4.46. The molecule has 0 saturated heterocycles. The number of nitrogens with one attached hydrogen (secondary N) is 2. The molecule has 3 rings (SSSR count). The van der Waals surface area contributed by atoms with Crippen molar-refractivity contribution in [2.24, 2.45) is 5.73 Å². The highest BCUT2D eigenvalue weighted by atomic mass is 32.1. The largest absolute Gasteiger partial charge is 0.376 e. The van der Waals surface area contributed by atoms with Crippen LogP contribution in [0.2, 0.25) is 0 Å². The van der Waals surface area contributed by atoms with Gasteiger partial charge < -0.3 is 16.4 Å². The van der Waals surface area contributed by atoms with Crippen molar-refractivity contribution in [1.82, 2.24) is 4.98 Å². The lowest BCUT2D eigenvalue weighted by Gasteiger charge is -2.09. The van der Waals surface area contributed by atoms with Gasteiger partial charge in [-0.2, -0.15) is 0 Å². The zero-order valence-electron chi connectivity index (χ0n) is 14.2. The highest BCUT2D eigenvalue weighted by molar-refractivity contribution is 7.09. The predicted octanol–water partition coefficient (Wildman–Crippen LogP) is 3.27. The van der Waals surface area contributed by atoms with E-state index in [1.807, 2.05) is 36.6 Å². The maximum Gasteiger partial charge on any atom is 0.248 e. The summed E-state index contributed by atoms with van der Waals surface area (Å²) in [6.45, 7) is 2.07. The second-order valence-corrected chi connectivity index (χ2v) is 6.74. The van der Waals surface area contributed by atoms with E-state index in [1.54, 1.807) is 35.6 Å². The second kappa shape index (κ2) is 7.79. The Morgan fingerprint density at radius 3 is 2.54 bits per heavy atom. The summed E-state index contributed by atoms with van der Waals surface area (Å²) in [4.78, 5) is 27.7. The number of anilines is 2. The van der Waals surface area contributed by atoms with Crippen LogP contribution in [0.3, 0.4) is 0 Å². The van der Waals surface area contributed by atoms with Crippen LogP contribution in [0, 0.1) is 6.92 Å². The molecule has 0 atom stereocenters. The van der Waals surface area contributed by atoms with Gasteiger partial charge in [0.1, 0.15) is 0 Å². The van der Waals surface area contributed by atoms with Crippen molar-refractivity contribution >= 4 is 34.5 Å². The van der Waals surface area contributed by atoms with E-state index in [1.165, 1.54) is 0 Å². The smallest absolute Gasteiger partial charge is 0.248 e. The predicted molar refractivity (Wildman–Crippen MR) is 104 cm³/mol. The van der Waals surface area contributed by atoms with Crippen molar-refractivity contribution in [1.29, 1.82) is 0 Å². The number of hydrogen-bond acceptors (Lipinski definition) is 5. The van der Waals surface area contributed by atoms with Gasteiger partial charge in [-0.25, -0.2) is 4.98 Å². The van der Waals surface area contributed by atoms with Gasteiger partial charge in [0.2, 0.25) is 11.8 Å². The molecule has 7 heteroatoms. The molecule has 6 nitrogen and oxygen atoms in total. The summed E-state index contributed by atoms with van der Waals surface area (Å²) in [5.74, 6) is -0.653. The van der Waals surface area contributed by atoms with Crippen molar-refractivity contribution in [3.8, 4) is 11.3 Å². The van der Waals surface area contributed by atoms with Crippen LogP contribution < -0.4 is 16.4 Å². The Balaban J connectivity index is 1.59. The Hall–Kier alpha value is -3.19. The zero-order valence-corrected chi connectivity index (χ0v) is 15.0. The Kier molecular flexibility index (Phi) is 5.28. The molecule has 132 valence electrons. The number of benzene rings is 2. The Morgan fingerprint density at radius 2 is 1.88 bits per heavy atom. The molecule has 0 bridgehead atoms. The molecule has 3 aromatic rings. The van der Waals surface area contributed by atoms with E-state index < -0.39 is 5.91 Å². The molecule has 0 aliphatic heterocycles. The van der Waals surface area contributed by atoms with E-state index in [-0.39, 0.29) is 12.5 Å². The van der Waals surface area contributed by atoms with Crippen molar-refractivity contribution in [3.05, 3.63) is 64.5 Å². The number of carbonyl (C=O) groups excluding carboxylic acids is 2. The summed E-state index contributed by atoms with van der Waals surface area (Å²) in [6.07, 6.45) is 0. The summed E-state index contributed by atoms with van der Waals surface area (Å²) in [5.41, 5.74) is 8.93. The number of amides is 2. The maximum absolute atomic E-state index is 12.2. The number of rotatable bonds is 6. The number of aryl methyl sites for hydroxylation is 1. The quantitative estimate of drug-likeness (QED) is 0.624. The number of nitrogens with two attached hydrogens (primary N) is 1. The summed E-state index contributed by atoms with van der Waals surface area (Å²) in [7, 11) is 0. The summed E-state index contributed by atoms with van der Waals surface area (Å²) in [5, 5.41) is 8.86. The summed E-state index contributed by atoms with van der Waals surface area (Å²) in [6, 6.07) is 14.2. The third kappa shape index (κ3) is 4.46. The van der Waals surface area contributed by atoms with E-state index in [0.29, 0.717) is 11.3 Å². The number of nitrogens with zero attached hydrogens (tertiary/aromatic N) is 1. The van der Waals surface area contributed by atoms with Gasteiger partial charge in [0.15, 0.2) is 0 Å². The summed E-state index contributed by atoms with van der Waals surface area (Å²) < 4.78 is 0. The van der Waals surface area contributed by atoms with Crippen LogP contribution >= 0.6 is 11.3 Å². The van der Waals surface area contributed by atoms with E-state index in [4.69, 9.17) is 5.73 Å². The van der Waals surface area contributed by atoms with Crippen LogP contribution in [-0.2, 0) is 4.79 Å². The van der Waals surface area contributed by atoms with Gasteiger partial charge in [-0.15, -0.1) is 11.3 Å². The highest BCUT2D eigenvalue weighted by Crippen LogP contribution is 2.24. The highest BCUT2D eigenvalue weighted by Gasteiger charge is 2.06. The van der Waals surface area contributed by atoms with Crippen LogP contribution in [-0.4, -0.2) is 23.3 Å². The molecule has 26 heavy (non-hydrogen) atoms. The first-order valence-electron chi connectivity index (χ1n) is 7.97. The molecule has 0 unspecified atom stereocenters. The van der Waals surface area contributed by atoms with Crippen molar-refractivity contribution in [3.63, 3.8) is 0 Å². The number of carbonyl (C=O) groups is 2. The number of thiazole rings is 1. The monoisotopic (exact) mass is 366 g/mol. The molecule has 0 aliphatic rings. The molecule has 2 aromatic carbocycles. The van der Waals surface area contributed by atoms with E-state index in [2.05, 4.69) is 15.6 Å². The topological polar surface area (TPSA) is 97.1 Å². The second-order valence-electron chi connectivity index (χ2n) is 5.68. The SMILES string of the molecule is Cc1nc(-c2cccc(NC(=O)CNc3ccc(C(N)=O)cc3)c2)cs1. The molecule has 0 saturated carbocycles. The lowest BCUT2D eigenvalue weighted by molar-refractivity contribution is -0.114. The van der Waals surface area contributed by atoms with Gasteiger partial charge in [-0.05, 0) is 43.3 Å². The van der Waals surface area contributed by atoms with Gasteiger partial charge in [0.05, 0.1) is 17.2 Å². The minimum atomic E-state index is -0.482. The lowest BCUT2D eigenvalue weighted by Crippen LogP contribution is -2.21. The van der Waals surface area contributed by atoms with E-state index in [9.17, 15) is 9.59 Å². The first-order valence-corrected chi connectivity index (χ1v) is 8.85. The minimum Gasteiger partial charge on any atom is -0.376 e. The normalized spacial score (nSPS) is 10.3. The van der Waals surface area contributed by atoms with Gasteiger partial charge in [-0.1, -0.05) is 12.1 Å². The Morgan fingerprint density at radius 1 is 1.12 bits per heavy atom. The fraction of sp³-hybridized carbons (Fsp3) is 0.105. The van der Waals surface area contributed by atoms with Crippen LogP contribution in [0.5, 0.6) is 0 Å². The number of hydrogen-bond donors (Lipinski definition) is 3. The van der Waals surface area contributed by atoms with Crippen LogP contribution in [0.1, 0.15) is 15.4 Å². The first kappa shape index (κ1) is 17.6. The van der Waals surface area contributed by atoms with Crippen molar-refractivity contribution < 1.29 is 9.59 Å². The van der Waals surface area contributed by atoms with Gasteiger partial charge >= 0.3 is 0 Å². The zero-order chi connectivity index (χ0) is 18.5. The molecular formula is C19H18N4O2S. The Labute approximate surface area is 155 Å². The van der Waals surface area contributed by atoms with Crippen molar-refractivity contribution in [2.45, 2.75) is 6.92 Å². The molecule has 0 spiro atoms. The molecule has 0 fully saturated rings. The third-order valence-electron chi connectivity index (χ3n) is 3.68. The van der Waals surface area contributed by atoms with E-state index >= 15 is 0 Å². The average molecular weight is 366 g/mol. The standard InChI is InChI=1S/C19H18N4O2S/c1-12-22-17(11-26-12)14-3-2-4-16(9-14)23-18(24)10-21-15-7-5-13(6-8-15)19(20)25/h2-9,11,21H,10H2,1H3,(H2,20,25)(H,23,24). The fourth-order valence-corrected chi connectivity index (χ4v) is 3.01. The molecule has 0 aliphatic carbocycles. The molecule has 2 amide bonds. The summed E-state index contributed by atoms with van der Waals surface area (Å²) >= 11 is 1.59. The first-order chi connectivity index (χ1) is 12.5. The number of aromatic nitrogens is 1. The van der Waals surface area contributed by atoms with Gasteiger partial charge in [0.25, 0.3) is 0 Å². The average Bonchev–Trinajstić information content (AvgIpc) is 3.07. The fourth-order valence-electron chi connectivity index (χ4n) is 2.39. The maximum atomic E-state index is 12.2. The molecule has 4 N–H and O–H groups in total. The number of primary amides is 1. The molecule has 1 aromatic heterocycles. The molecular weight excluding hydrogens is 348 g/mol. The van der Waals surface area contributed by atoms with E-state index in [0.717, 1.165) is 22.0 Å². The lowest BCUT2D eigenvalue weighted by atomic mass is 10.1. The van der Waals surface area contributed by atoms with Crippen LogP contribution in [0.15, 0.2) is 53.9 Å². The van der Waals surface area contributed by atoms with Crippen LogP contribution in [0.25, 0.3) is 11.3 Å². The molecule has 1 heterocycles. The van der Waals surface area contributed by atoms with Crippen molar-refractivity contribution in [2.75, 3.05) is 17.2 Å². The van der Waals surface area contributed by atoms with Gasteiger partial charge in [0, 0.05) is 27.9 Å². The minimum absolute atomic E-state index is 0.107. The molecule has 0 radical (unpaired) electrons.